The number of rotatable bonds is 7. The minimum atomic E-state index is 0.809. The molecular formula is C81H102N8+4. The zero-order valence-electron chi connectivity index (χ0n) is 56.2. The molecule has 4 heterocycles. The number of nitrogens with zero attached hydrogens (tertiary/aromatic N) is 8. The molecule has 8 nitrogen and oxygen atoms in total. The zero-order valence-corrected chi connectivity index (χ0v) is 56.2. The first kappa shape index (κ1) is 59.6. The number of fused-ring (bicyclic) bond motifs is 4. The lowest BCUT2D eigenvalue weighted by Gasteiger charge is -2.60. The van der Waals surface area contributed by atoms with Gasteiger partial charge in [0, 0.05) is 114 Å². The van der Waals surface area contributed by atoms with Crippen LogP contribution in [0.3, 0.4) is 0 Å². The number of anilines is 3. The zero-order chi connectivity index (χ0) is 61.8. The lowest BCUT2D eigenvalue weighted by molar-refractivity contribution is -0.627. The van der Waals surface area contributed by atoms with Gasteiger partial charge in [-0.3, -0.25) is 14.7 Å². The van der Waals surface area contributed by atoms with Crippen molar-refractivity contribution in [2.24, 2.45) is 58.2 Å². The summed E-state index contributed by atoms with van der Waals surface area (Å²) < 4.78 is 9.93. The van der Waals surface area contributed by atoms with Crippen LogP contribution < -0.4 is 14.7 Å². The van der Waals surface area contributed by atoms with Crippen molar-refractivity contribution >= 4 is 45.6 Å². The van der Waals surface area contributed by atoms with Crippen LogP contribution in [-0.2, 0) is 0 Å². The van der Waals surface area contributed by atoms with E-state index in [1.54, 1.807) is 75.6 Å². The van der Waals surface area contributed by atoms with Crippen molar-refractivity contribution in [2.75, 3.05) is 55.5 Å². The third-order valence-corrected chi connectivity index (χ3v) is 24.8. The second-order valence-electron chi connectivity index (χ2n) is 30.2. The second-order valence-corrected chi connectivity index (χ2v) is 30.2. The average Bonchev–Trinajstić information content (AvgIpc) is 1.53. The molecule has 5 aromatic carbocycles. The minimum absolute atomic E-state index is 0.809. The van der Waals surface area contributed by atoms with Crippen LogP contribution in [0.5, 0.6) is 0 Å². The first-order valence-corrected chi connectivity index (χ1v) is 34.3. The molecule has 12 aliphatic rings. The van der Waals surface area contributed by atoms with Gasteiger partial charge in [-0.25, -0.2) is 13.7 Å². The van der Waals surface area contributed by atoms with E-state index in [9.17, 15) is 0 Å². The predicted molar refractivity (Wildman–Crippen MR) is 370 cm³/mol. The minimum Gasteiger partial charge on any atom is -0.317 e. The molecule has 0 aromatic heterocycles. The molecule has 8 atom stereocenters. The van der Waals surface area contributed by atoms with Crippen molar-refractivity contribution in [3.8, 4) is 0 Å². The highest BCUT2D eigenvalue weighted by molar-refractivity contribution is 6.06. The fourth-order valence-corrected chi connectivity index (χ4v) is 21.3. The Kier molecular flexibility index (Phi) is 15.6. The number of hydrogen-bond acceptors (Lipinski definition) is 4. The van der Waals surface area contributed by atoms with E-state index in [1.165, 1.54) is 91.5 Å². The molecule has 0 N–H and O–H groups in total. The number of aryl methyl sites for hydroxylation is 4. The van der Waals surface area contributed by atoms with E-state index in [-0.39, 0.29) is 0 Å². The molecule has 89 heavy (non-hydrogen) atoms. The van der Waals surface area contributed by atoms with Crippen molar-refractivity contribution in [2.45, 2.75) is 152 Å². The van der Waals surface area contributed by atoms with Crippen molar-refractivity contribution in [1.82, 2.24) is 4.90 Å². The van der Waals surface area contributed by atoms with E-state index in [0.29, 0.717) is 0 Å². The molecule has 8 aliphatic carbocycles. The number of para-hydroxylation sites is 4. The molecule has 4 aliphatic heterocycles. The summed E-state index contributed by atoms with van der Waals surface area (Å²) >= 11 is 0. The summed E-state index contributed by atoms with van der Waals surface area (Å²) in [5.41, 5.74) is 24.3. The Balaban J connectivity index is 0.000000107. The fourth-order valence-electron chi connectivity index (χ4n) is 21.3. The van der Waals surface area contributed by atoms with Crippen LogP contribution in [0.2, 0.25) is 0 Å². The smallest absolute Gasteiger partial charge is 0.228 e. The molecule has 0 amide bonds. The van der Waals surface area contributed by atoms with Crippen LogP contribution >= 0.6 is 0 Å². The molecule has 2 spiro atoms. The Bertz CT molecular complexity index is 3750. The average molecular weight is 1190 g/mol. The summed E-state index contributed by atoms with van der Waals surface area (Å²) in [5.74, 6) is 8.53. The Hall–Kier alpha value is -7.06. The van der Waals surface area contributed by atoms with Gasteiger partial charge in [0.15, 0.2) is 23.2 Å². The van der Waals surface area contributed by atoms with E-state index >= 15 is 0 Å². The van der Waals surface area contributed by atoms with Gasteiger partial charge >= 0.3 is 0 Å². The SMILES string of the molecule is CC1=CC(C)=[N+](C)CN1c1ccccc1.CC1=CC(C)=[N+](C2C3CC4CC5CC2C3(C4)C5)CN1C1C2CC3CC4CC1C2(C3)C4.CC1=CC(C)=[N+](c2c(C)cccc2C)CN1c1c(C)cccc1C.CC1=CC(c2ccccc2)=[N+](C)CN1c1ccccc1. The highest BCUT2D eigenvalue weighted by Gasteiger charge is 2.76. The van der Waals surface area contributed by atoms with Crippen LogP contribution in [0.25, 0.3) is 0 Å². The largest absolute Gasteiger partial charge is 0.317 e. The van der Waals surface area contributed by atoms with Crippen LogP contribution in [0, 0.1) is 85.9 Å². The summed E-state index contributed by atoms with van der Waals surface area (Å²) in [6, 6.07) is 46.4. The van der Waals surface area contributed by atoms with Crippen LogP contribution in [-0.4, -0.2) is 98.9 Å². The number of hydrogen-bond donors (Lipinski definition) is 0. The molecule has 17 rings (SSSR count). The molecule has 462 valence electrons. The van der Waals surface area contributed by atoms with Crippen molar-refractivity contribution in [3.63, 3.8) is 0 Å². The summed E-state index contributed by atoms with van der Waals surface area (Å²) in [7, 11) is 4.26. The molecule has 5 aromatic rings. The van der Waals surface area contributed by atoms with Gasteiger partial charge in [-0.15, -0.1) is 0 Å². The lowest BCUT2D eigenvalue weighted by Crippen LogP contribution is -2.66. The van der Waals surface area contributed by atoms with E-state index in [4.69, 9.17) is 0 Å². The Morgan fingerprint density at radius 2 is 0.820 bits per heavy atom. The summed E-state index contributed by atoms with van der Waals surface area (Å²) in [5, 5.41) is 0. The Morgan fingerprint density at radius 1 is 0.382 bits per heavy atom. The first-order valence-electron chi connectivity index (χ1n) is 34.3. The topological polar surface area (TPSA) is 25.0 Å². The monoisotopic (exact) mass is 1190 g/mol. The van der Waals surface area contributed by atoms with Crippen LogP contribution in [0.1, 0.15) is 140 Å². The van der Waals surface area contributed by atoms with Crippen molar-refractivity contribution in [3.05, 3.63) is 202 Å². The van der Waals surface area contributed by atoms with Crippen molar-refractivity contribution in [1.29, 1.82) is 0 Å². The van der Waals surface area contributed by atoms with Gasteiger partial charge in [0.1, 0.15) is 14.1 Å². The molecule has 6 bridgehead atoms. The lowest BCUT2D eigenvalue weighted by atomic mass is 9.51. The van der Waals surface area contributed by atoms with E-state index in [2.05, 4.69) is 274 Å². The van der Waals surface area contributed by atoms with Crippen LogP contribution in [0.4, 0.5) is 22.7 Å². The number of benzene rings is 5. The summed E-state index contributed by atoms with van der Waals surface area (Å²) in [6.07, 6.45) is 25.3. The second kappa shape index (κ2) is 23.3. The Labute approximate surface area is 534 Å². The normalized spacial score (nSPS) is 31.6. The quantitative estimate of drug-likeness (QED) is 0.152. The molecule has 8 heteroatoms. The maximum Gasteiger partial charge on any atom is 0.228 e. The first-order chi connectivity index (χ1) is 42.9. The molecule has 0 radical (unpaired) electrons. The van der Waals surface area contributed by atoms with Crippen molar-refractivity contribution < 1.29 is 18.3 Å². The summed E-state index contributed by atoms with van der Waals surface area (Å²) in [6.45, 7) is 28.4. The molecule has 8 unspecified atom stereocenters. The number of allylic oxidation sites excluding steroid dienone is 8. The summed E-state index contributed by atoms with van der Waals surface area (Å²) in [4.78, 5) is 10.0. The maximum atomic E-state index is 2.96. The van der Waals surface area contributed by atoms with Gasteiger partial charge in [0.25, 0.3) is 0 Å². The van der Waals surface area contributed by atoms with Gasteiger partial charge in [0.05, 0.1) is 5.69 Å². The van der Waals surface area contributed by atoms with E-state index < -0.39 is 0 Å². The maximum absolute atomic E-state index is 2.96. The van der Waals surface area contributed by atoms with Gasteiger partial charge < -0.3 is 4.90 Å². The Morgan fingerprint density at radius 3 is 1.36 bits per heavy atom. The fraction of sp³-hybridized carbons (Fsp3) is 0.481. The van der Waals surface area contributed by atoms with E-state index in [1.807, 2.05) is 6.07 Å². The van der Waals surface area contributed by atoms with Gasteiger partial charge in [-0.1, -0.05) is 91.0 Å². The molecule has 8 saturated carbocycles. The third kappa shape index (κ3) is 10.3. The predicted octanol–water partition coefficient (Wildman–Crippen LogP) is 16.7. The highest BCUT2D eigenvalue weighted by Crippen LogP contribution is 2.78. The standard InChI is InChI=1S/C28H39N2.C22H27N2.C18H19N2.C13H17N2/c1-15-3-16(2)30(26-23-8-19-5-20-9-24(26)28(23,12-19)13-20)14-29(15)25-21-6-17-4-18-7-22(25)27(21,10-17)11-18;1-15-9-7-10-16(2)21(15)23-14-24(20(6)13-19(23)5)22-17(3)11-8-12-18(22)4;1-15-13-18(16-9-5-3-6-10-16)19(2)14-20(15)17-11-7-4-8-12-17;1-11-9-12(2)15(10-14(11)3)13-7-5-4-6-8-13/h3,17-26H,4-14H2,1-2H3;7-13H,14H2,1-6H3;3-13H,14H2,1-2H3;4-9H,10H2,1-3H3/q4*+1. The van der Waals surface area contributed by atoms with E-state index in [0.717, 1.165) is 90.3 Å². The van der Waals surface area contributed by atoms with Gasteiger partial charge in [0.2, 0.25) is 38.1 Å². The molecule has 8 fully saturated rings. The van der Waals surface area contributed by atoms with Crippen LogP contribution in [0.15, 0.2) is 174 Å². The molecule has 0 saturated heterocycles. The third-order valence-electron chi connectivity index (χ3n) is 24.8. The van der Waals surface area contributed by atoms with Gasteiger partial charge in [-0.05, 0) is 213 Å². The van der Waals surface area contributed by atoms with Gasteiger partial charge in [-0.2, -0.15) is 4.58 Å². The highest BCUT2D eigenvalue weighted by atomic mass is 15.3. The molecular weight excluding hydrogens is 1080 g/mol.